The van der Waals surface area contributed by atoms with E-state index in [0.717, 1.165) is 48.3 Å². The Morgan fingerprint density at radius 2 is 1.90 bits per heavy atom. The molecule has 1 fully saturated rings. The summed E-state index contributed by atoms with van der Waals surface area (Å²) < 4.78 is 46.8. The minimum Gasteiger partial charge on any atom is -0.497 e. The van der Waals surface area contributed by atoms with E-state index in [1.165, 1.54) is 6.07 Å². The monoisotopic (exact) mass is 404 g/mol. The predicted molar refractivity (Wildman–Crippen MR) is 103 cm³/mol. The van der Waals surface area contributed by atoms with Crippen LogP contribution < -0.4 is 4.74 Å². The molecule has 2 aromatic heterocycles. The molecule has 29 heavy (non-hydrogen) atoms. The van der Waals surface area contributed by atoms with Crippen LogP contribution in [0.4, 0.5) is 13.2 Å². The fourth-order valence-electron chi connectivity index (χ4n) is 3.94. The minimum absolute atomic E-state index is 0.0119. The number of halogens is 3. The zero-order chi connectivity index (χ0) is 20.6. The van der Waals surface area contributed by atoms with Gasteiger partial charge in [-0.3, -0.25) is 4.90 Å². The molecular formula is C21H23F3N4O. The summed E-state index contributed by atoms with van der Waals surface area (Å²) in [5, 5.41) is 3.95. The minimum atomic E-state index is -4.47. The number of ether oxygens (including phenoxy) is 1. The van der Waals surface area contributed by atoms with Crippen LogP contribution >= 0.6 is 0 Å². The molecule has 1 saturated heterocycles. The normalized spacial score (nSPS) is 16.4. The maximum Gasteiger partial charge on any atom is 0.433 e. The van der Waals surface area contributed by atoms with E-state index in [2.05, 4.69) is 21.0 Å². The molecule has 3 aromatic rings. The number of rotatable bonds is 4. The van der Waals surface area contributed by atoms with Crippen LogP contribution in [-0.2, 0) is 12.7 Å². The SMILES string of the molecule is COc1cccc(CN2CCC(c3cc(C(F)(F)F)n4nc(C)cc4n3)CC2)c1. The number of nitrogens with zero attached hydrogens (tertiary/aromatic N) is 4. The summed E-state index contributed by atoms with van der Waals surface area (Å²) in [4.78, 5) is 6.81. The van der Waals surface area contributed by atoms with Crippen LogP contribution in [0.1, 0.15) is 41.4 Å². The Labute approximate surface area is 167 Å². The second kappa shape index (κ2) is 7.67. The molecule has 0 spiro atoms. The second-order valence-electron chi connectivity index (χ2n) is 7.52. The van der Waals surface area contributed by atoms with Crippen LogP contribution in [0.15, 0.2) is 36.4 Å². The van der Waals surface area contributed by atoms with Gasteiger partial charge in [-0.1, -0.05) is 12.1 Å². The van der Waals surface area contributed by atoms with Crippen molar-refractivity contribution in [2.24, 2.45) is 0 Å². The third-order valence-corrected chi connectivity index (χ3v) is 5.41. The van der Waals surface area contributed by atoms with Crippen LogP contribution in [-0.4, -0.2) is 39.7 Å². The van der Waals surface area contributed by atoms with Crippen molar-refractivity contribution >= 4 is 5.65 Å². The fraction of sp³-hybridized carbons (Fsp3) is 0.429. The van der Waals surface area contributed by atoms with E-state index in [1.54, 1.807) is 20.1 Å². The topological polar surface area (TPSA) is 42.7 Å². The van der Waals surface area contributed by atoms with E-state index in [-0.39, 0.29) is 11.6 Å². The Hall–Kier alpha value is -2.61. The van der Waals surface area contributed by atoms with Crippen molar-refractivity contribution in [3.05, 3.63) is 59.0 Å². The van der Waals surface area contributed by atoms with E-state index < -0.39 is 11.9 Å². The molecule has 1 aliphatic rings. The van der Waals surface area contributed by atoms with Gasteiger partial charge < -0.3 is 4.74 Å². The largest absolute Gasteiger partial charge is 0.497 e. The van der Waals surface area contributed by atoms with Gasteiger partial charge in [-0.25, -0.2) is 9.50 Å². The lowest BCUT2D eigenvalue weighted by Crippen LogP contribution is -2.33. The van der Waals surface area contributed by atoms with Crippen molar-refractivity contribution in [1.29, 1.82) is 0 Å². The van der Waals surface area contributed by atoms with Gasteiger partial charge in [0.05, 0.1) is 12.8 Å². The molecule has 0 unspecified atom stereocenters. The first kappa shape index (κ1) is 19.7. The first-order chi connectivity index (χ1) is 13.8. The van der Waals surface area contributed by atoms with Gasteiger partial charge in [-0.15, -0.1) is 0 Å². The molecule has 0 N–H and O–H groups in total. The van der Waals surface area contributed by atoms with Crippen LogP contribution in [0.5, 0.6) is 5.75 Å². The van der Waals surface area contributed by atoms with Crippen LogP contribution in [0.3, 0.4) is 0 Å². The van der Waals surface area contributed by atoms with Crippen molar-refractivity contribution in [3.63, 3.8) is 0 Å². The number of piperidine rings is 1. The molecule has 0 amide bonds. The molecule has 3 heterocycles. The van der Waals surface area contributed by atoms with Gasteiger partial charge >= 0.3 is 6.18 Å². The van der Waals surface area contributed by atoms with Gasteiger partial charge in [0.1, 0.15) is 11.4 Å². The maximum atomic E-state index is 13.5. The molecular weight excluding hydrogens is 381 g/mol. The van der Waals surface area contributed by atoms with Gasteiger partial charge in [0, 0.05) is 24.2 Å². The van der Waals surface area contributed by atoms with Gasteiger partial charge in [0.25, 0.3) is 0 Å². The molecule has 0 saturated carbocycles. The molecule has 0 aliphatic carbocycles. The summed E-state index contributed by atoms with van der Waals surface area (Å²) in [6.07, 6.45) is -2.92. The maximum absolute atomic E-state index is 13.5. The highest BCUT2D eigenvalue weighted by molar-refractivity contribution is 5.43. The standard InChI is InChI=1S/C21H23F3N4O/c1-14-10-20-25-18(12-19(21(22,23)24)28(20)26-14)16-6-8-27(9-7-16)13-15-4-3-5-17(11-15)29-2/h3-5,10-12,16H,6-9,13H2,1-2H3. The molecule has 5 nitrogen and oxygen atoms in total. The third kappa shape index (κ3) is 4.22. The zero-order valence-electron chi connectivity index (χ0n) is 16.4. The van der Waals surface area contributed by atoms with Crippen molar-refractivity contribution in [3.8, 4) is 5.75 Å². The van der Waals surface area contributed by atoms with Gasteiger partial charge in [0.15, 0.2) is 5.65 Å². The average Bonchev–Trinajstić information content (AvgIpc) is 3.07. The van der Waals surface area contributed by atoms with E-state index in [9.17, 15) is 13.2 Å². The summed E-state index contributed by atoms with van der Waals surface area (Å²) in [5.41, 5.74) is 1.69. The van der Waals surface area contributed by atoms with Gasteiger partial charge in [-0.05, 0) is 56.6 Å². The second-order valence-corrected chi connectivity index (χ2v) is 7.52. The number of hydrogen-bond donors (Lipinski definition) is 0. The summed E-state index contributed by atoms with van der Waals surface area (Å²) in [6, 6.07) is 10.7. The number of aryl methyl sites for hydroxylation is 1. The molecule has 0 atom stereocenters. The number of alkyl halides is 3. The van der Waals surface area contributed by atoms with Gasteiger partial charge in [0.2, 0.25) is 0 Å². The van der Waals surface area contributed by atoms with Crippen LogP contribution in [0, 0.1) is 6.92 Å². The lowest BCUT2D eigenvalue weighted by molar-refractivity contribution is -0.142. The van der Waals surface area contributed by atoms with E-state index >= 15 is 0 Å². The molecule has 8 heteroatoms. The van der Waals surface area contributed by atoms with Crippen molar-refractivity contribution in [2.45, 2.75) is 38.4 Å². The molecule has 0 radical (unpaired) electrons. The number of benzene rings is 1. The lowest BCUT2D eigenvalue weighted by atomic mass is 9.92. The smallest absolute Gasteiger partial charge is 0.433 e. The zero-order valence-corrected chi connectivity index (χ0v) is 16.4. The Bertz CT molecular complexity index is 1010. The number of hydrogen-bond acceptors (Lipinski definition) is 4. The molecule has 0 bridgehead atoms. The lowest BCUT2D eigenvalue weighted by Gasteiger charge is -2.32. The first-order valence-electron chi connectivity index (χ1n) is 9.63. The van der Waals surface area contributed by atoms with Crippen LogP contribution in [0.2, 0.25) is 0 Å². The Morgan fingerprint density at radius 3 is 2.59 bits per heavy atom. The van der Waals surface area contributed by atoms with E-state index in [0.29, 0.717) is 11.4 Å². The Balaban J connectivity index is 1.50. The predicted octanol–water partition coefficient (Wildman–Crippen LogP) is 4.44. The molecule has 1 aromatic carbocycles. The number of methoxy groups -OCH3 is 1. The summed E-state index contributed by atoms with van der Waals surface area (Å²) in [5.74, 6) is 0.837. The van der Waals surface area contributed by atoms with E-state index in [4.69, 9.17) is 4.74 Å². The highest BCUT2D eigenvalue weighted by Crippen LogP contribution is 2.34. The molecule has 1 aliphatic heterocycles. The van der Waals surface area contributed by atoms with Crippen molar-refractivity contribution in [1.82, 2.24) is 19.5 Å². The van der Waals surface area contributed by atoms with Crippen molar-refractivity contribution in [2.75, 3.05) is 20.2 Å². The van der Waals surface area contributed by atoms with E-state index in [1.807, 2.05) is 18.2 Å². The Morgan fingerprint density at radius 1 is 1.14 bits per heavy atom. The number of likely N-dealkylation sites (tertiary alicyclic amines) is 1. The summed E-state index contributed by atoms with van der Waals surface area (Å²) in [7, 11) is 1.64. The fourth-order valence-corrected chi connectivity index (χ4v) is 3.94. The number of aromatic nitrogens is 3. The number of fused-ring (bicyclic) bond motifs is 1. The molecule has 154 valence electrons. The first-order valence-corrected chi connectivity index (χ1v) is 9.63. The average molecular weight is 404 g/mol. The summed E-state index contributed by atoms with van der Waals surface area (Å²) >= 11 is 0. The summed E-state index contributed by atoms with van der Waals surface area (Å²) in [6.45, 7) is 4.10. The molecule has 4 rings (SSSR count). The van der Waals surface area contributed by atoms with Crippen molar-refractivity contribution < 1.29 is 17.9 Å². The third-order valence-electron chi connectivity index (χ3n) is 5.41. The van der Waals surface area contributed by atoms with Crippen LogP contribution in [0.25, 0.3) is 5.65 Å². The highest BCUT2D eigenvalue weighted by Gasteiger charge is 2.36. The highest BCUT2D eigenvalue weighted by atomic mass is 19.4. The Kier molecular flexibility index (Phi) is 5.21. The quantitative estimate of drug-likeness (QED) is 0.645. The van der Waals surface area contributed by atoms with Gasteiger partial charge in [-0.2, -0.15) is 18.3 Å².